The largest absolute Gasteiger partial charge is 0.480 e. The predicted octanol–water partition coefficient (Wildman–Crippen LogP) is 2.07. The number of benzene rings is 1. The number of nitrogens with one attached hydrogen (secondary N) is 2. The zero-order valence-corrected chi connectivity index (χ0v) is 12.5. The SMILES string of the molecule is CCNC(=O)C(C)Oc1ccc(CNC)cc1Br. The van der Waals surface area contributed by atoms with Crippen LogP contribution in [-0.4, -0.2) is 25.6 Å². The van der Waals surface area contributed by atoms with Gasteiger partial charge in [-0.25, -0.2) is 0 Å². The van der Waals surface area contributed by atoms with E-state index in [2.05, 4.69) is 26.6 Å². The van der Waals surface area contributed by atoms with Crippen molar-refractivity contribution in [3.05, 3.63) is 28.2 Å². The number of rotatable bonds is 6. The molecule has 0 aromatic heterocycles. The third-order valence-corrected chi connectivity index (χ3v) is 3.02. The highest BCUT2D eigenvalue weighted by atomic mass is 79.9. The molecule has 1 rings (SSSR count). The maximum absolute atomic E-state index is 11.6. The van der Waals surface area contributed by atoms with Crippen LogP contribution in [0.2, 0.25) is 0 Å². The molecule has 0 saturated carbocycles. The van der Waals surface area contributed by atoms with Crippen LogP contribution in [-0.2, 0) is 11.3 Å². The number of hydrogen-bond acceptors (Lipinski definition) is 3. The average molecular weight is 315 g/mol. The highest BCUT2D eigenvalue weighted by molar-refractivity contribution is 9.10. The summed E-state index contributed by atoms with van der Waals surface area (Å²) >= 11 is 3.45. The minimum atomic E-state index is -0.503. The quantitative estimate of drug-likeness (QED) is 0.845. The first kappa shape index (κ1) is 15.0. The number of carbonyl (C=O) groups is 1. The molecule has 5 heteroatoms. The zero-order valence-electron chi connectivity index (χ0n) is 10.9. The smallest absolute Gasteiger partial charge is 0.260 e. The lowest BCUT2D eigenvalue weighted by molar-refractivity contribution is -0.127. The minimum Gasteiger partial charge on any atom is -0.480 e. The van der Waals surface area contributed by atoms with Crippen molar-refractivity contribution in [3.63, 3.8) is 0 Å². The van der Waals surface area contributed by atoms with E-state index in [1.54, 1.807) is 6.92 Å². The molecule has 0 aliphatic carbocycles. The maximum Gasteiger partial charge on any atom is 0.260 e. The third kappa shape index (κ3) is 4.31. The summed E-state index contributed by atoms with van der Waals surface area (Å²) in [6.45, 7) is 5.02. The summed E-state index contributed by atoms with van der Waals surface area (Å²) in [7, 11) is 1.90. The van der Waals surface area contributed by atoms with Gasteiger partial charge in [0, 0.05) is 13.1 Å². The minimum absolute atomic E-state index is 0.108. The van der Waals surface area contributed by atoms with Crippen LogP contribution in [0.1, 0.15) is 19.4 Å². The molecule has 0 aliphatic heterocycles. The second kappa shape index (κ2) is 7.38. The fourth-order valence-corrected chi connectivity index (χ4v) is 2.04. The van der Waals surface area contributed by atoms with Crippen molar-refractivity contribution in [2.24, 2.45) is 0 Å². The fourth-order valence-electron chi connectivity index (χ4n) is 1.52. The number of halogens is 1. The Hall–Kier alpha value is -1.07. The Morgan fingerprint density at radius 3 is 2.78 bits per heavy atom. The third-order valence-electron chi connectivity index (χ3n) is 2.40. The van der Waals surface area contributed by atoms with E-state index < -0.39 is 6.10 Å². The van der Waals surface area contributed by atoms with Crippen molar-refractivity contribution in [1.29, 1.82) is 0 Å². The normalized spacial score (nSPS) is 12.0. The molecule has 18 heavy (non-hydrogen) atoms. The van der Waals surface area contributed by atoms with Gasteiger partial charge in [-0.1, -0.05) is 6.07 Å². The molecule has 1 atom stereocenters. The topological polar surface area (TPSA) is 50.4 Å². The van der Waals surface area contributed by atoms with Gasteiger partial charge < -0.3 is 15.4 Å². The predicted molar refractivity (Wildman–Crippen MR) is 75.7 cm³/mol. The molecular formula is C13H19BrN2O2. The second-order valence-corrected chi connectivity index (χ2v) is 4.80. The van der Waals surface area contributed by atoms with Gasteiger partial charge in [0.2, 0.25) is 0 Å². The molecule has 1 aromatic rings. The van der Waals surface area contributed by atoms with Crippen LogP contribution in [0, 0.1) is 0 Å². The van der Waals surface area contributed by atoms with Gasteiger partial charge in [-0.2, -0.15) is 0 Å². The molecule has 2 N–H and O–H groups in total. The van der Waals surface area contributed by atoms with Crippen molar-refractivity contribution >= 4 is 21.8 Å². The van der Waals surface area contributed by atoms with Gasteiger partial charge in [0.05, 0.1) is 4.47 Å². The maximum atomic E-state index is 11.6. The molecule has 100 valence electrons. The summed E-state index contributed by atoms with van der Waals surface area (Å²) in [6.07, 6.45) is -0.503. The average Bonchev–Trinajstić information content (AvgIpc) is 2.33. The number of hydrogen-bond donors (Lipinski definition) is 2. The fraction of sp³-hybridized carbons (Fsp3) is 0.462. The summed E-state index contributed by atoms with van der Waals surface area (Å²) in [5.41, 5.74) is 1.15. The van der Waals surface area contributed by atoms with E-state index >= 15 is 0 Å². The molecule has 0 spiro atoms. The summed E-state index contributed by atoms with van der Waals surface area (Å²) in [5, 5.41) is 5.81. The number of ether oxygens (including phenoxy) is 1. The van der Waals surface area contributed by atoms with Crippen molar-refractivity contribution < 1.29 is 9.53 Å². The van der Waals surface area contributed by atoms with Crippen molar-refractivity contribution in [2.45, 2.75) is 26.5 Å². The monoisotopic (exact) mass is 314 g/mol. The zero-order chi connectivity index (χ0) is 13.5. The Balaban J connectivity index is 2.70. The number of amides is 1. The number of likely N-dealkylation sites (N-methyl/N-ethyl adjacent to an activating group) is 1. The first-order valence-electron chi connectivity index (χ1n) is 5.95. The van der Waals surface area contributed by atoms with E-state index in [0.717, 1.165) is 16.6 Å². The van der Waals surface area contributed by atoms with Crippen LogP contribution in [0.25, 0.3) is 0 Å². The van der Waals surface area contributed by atoms with E-state index in [9.17, 15) is 4.79 Å². The molecule has 0 saturated heterocycles. The van der Waals surface area contributed by atoms with Gasteiger partial charge in [-0.15, -0.1) is 0 Å². The van der Waals surface area contributed by atoms with Crippen LogP contribution in [0.15, 0.2) is 22.7 Å². The first-order valence-corrected chi connectivity index (χ1v) is 6.75. The standard InChI is InChI=1S/C13H19BrN2O2/c1-4-16-13(17)9(2)18-12-6-5-10(8-15-3)7-11(12)14/h5-7,9,15H,4,8H2,1-3H3,(H,16,17). The summed E-state index contributed by atoms with van der Waals surface area (Å²) in [6, 6.07) is 5.82. The van der Waals surface area contributed by atoms with Crippen molar-refractivity contribution in [2.75, 3.05) is 13.6 Å². The molecule has 0 heterocycles. The molecular weight excluding hydrogens is 296 g/mol. The summed E-state index contributed by atoms with van der Waals surface area (Å²) < 4.78 is 6.47. The molecule has 0 radical (unpaired) electrons. The van der Waals surface area contributed by atoms with Crippen molar-refractivity contribution in [3.8, 4) is 5.75 Å². The Kier molecular flexibility index (Phi) is 6.15. The van der Waals surface area contributed by atoms with Gasteiger partial charge in [-0.3, -0.25) is 4.79 Å². The Bertz CT molecular complexity index is 410. The highest BCUT2D eigenvalue weighted by Gasteiger charge is 2.14. The molecule has 1 unspecified atom stereocenters. The lowest BCUT2D eigenvalue weighted by Gasteiger charge is -2.15. The Morgan fingerprint density at radius 1 is 1.50 bits per heavy atom. The van der Waals surface area contributed by atoms with Crippen LogP contribution < -0.4 is 15.4 Å². The molecule has 1 amide bonds. The molecule has 0 bridgehead atoms. The van der Waals surface area contributed by atoms with Crippen LogP contribution in [0.3, 0.4) is 0 Å². The van der Waals surface area contributed by atoms with Crippen molar-refractivity contribution in [1.82, 2.24) is 10.6 Å². The van der Waals surface area contributed by atoms with Gasteiger partial charge >= 0.3 is 0 Å². The van der Waals surface area contributed by atoms with Crippen LogP contribution in [0.5, 0.6) is 5.75 Å². The Labute approximate surface area is 116 Å². The lowest BCUT2D eigenvalue weighted by Crippen LogP contribution is -2.36. The Morgan fingerprint density at radius 2 is 2.22 bits per heavy atom. The summed E-state index contributed by atoms with van der Waals surface area (Å²) in [5.74, 6) is 0.567. The highest BCUT2D eigenvalue weighted by Crippen LogP contribution is 2.26. The van der Waals surface area contributed by atoms with E-state index in [4.69, 9.17) is 4.74 Å². The molecule has 4 nitrogen and oxygen atoms in total. The molecule has 0 fully saturated rings. The lowest BCUT2D eigenvalue weighted by atomic mass is 10.2. The molecule has 1 aromatic carbocycles. The van der Waals surface area contributed by atoms with Gasteiger partial charge in [0.1, 0.15) is 5.75 Å². The van der Waals surface area contributed by atoms with E-state index in [-0.39, 0.29) is 5.91 Å². The number of carbonyl (C=O) groups excluding carboxylic acids is 1. The summed E-state index contributed by atoms with van der Waals surface area (Å²) in [4.78, 5) is 11.6. The van der Waals surface area contributed by atoms with Gasteiger partial charge in [-0.05, 0) is 54.5 Å². The van der Waals surface area contributed by atoms with Gasteiger partial charge in [0.25, 0.3) is 5.91 Å². The van der Waals surface area contributed by atoms with Crippen LogP contribution in [0.4, 0.5) is 0 Å². The second-order valence-electron chi connectivity index (χ2n) is 3.95. The molecule has 0 aliphatic rings. The van der Waals surface area contributed by atoms with Gasteiger partial charge in [0.15, 0.2) is 6.10 Å². The van der Waals surface area contributed by atoms with Crippen LogP contribution >= 0.6 is 15.9 Å². The van der Waals surface area contributed by atoms with E-state index in [0.29, 0.717) is 12.3 Å². The van der Waals surface area contributed by atoms with E-state index in [1.165, 1.54) is 0 Å². The first-order chi connectivity index (χ1) is 8.58. The van der Waals surface area contributed by atoms with E-state index in [1.807, 2.05) is 32.2 Å².